The van der Waals surface area contributed by atoms with Crippen molar-refractivity contribution in [1.82, 2.24) is 5.32 Å². The molecule has 0 aromatic heterocycles. The molecule has 0 heterocycles. The fraction of sp³-hybridized carbons (Fsp3) is 0.688. The van der Waals surface area contributed by atoms with Crippen LogP contribution in [0.5, 0.6) is 0 Å². The molecule has 0 saturated heterocycles. The maximum Gasteiger partial charge on any atom is 0.268 e. The fourth-order valence-corrected chi connectivity index (χ4v) is 6.48. The first-order chi connectivity index (χ1) is 27.5. The van der Waals surface area contributed by atoms with Gasteiger partial charge in [0.15, 0.2) is 0 Å². The summed E-state index contributed by atoms with van der Waals surface area (Å²) in [6, 6.07) is -0.935. The third kappa shape index (κ3) is 41.6. The zero-order chi connectivity index (χ0) is 42.1. The van der Waals surface area contributed by atoms with E-state index in [0.717, 1.165) is 64.2 Å². The number of allylic oxidation sites excluding steroid dienone is 13. The Hall–Kier alpha value is -2.32. The fourth-order valence-electron chi connectivity index (χ4n) is 5.76. The number of aliphatic hydroxyl groups excluding tert-OH is 1. The molecule has 0 rings (SSSR count). The van der Waals surface area contributed by atoms with Crippen molar-refractivity contribution in [3.8, 4) is 0 Å². The first-order valence-electron chi connectivity index (χ1n) is 22.4. The highest BCUT2D eigenvalue weighted by molar-refractivity contribution is 7.45. The van der Waals surface area contributed by atoms with Crippen molar-refractivity contribution in [2.45, 2.75) is 174 Å². The van der Waals surface area contributed by atoms with Crippen LogP contribution in [0.15, 0.2) is 85.1 Å². The molecule has 9 heteroatoms. The first-order valence-corrected chi connectivity index (χ1v) is 23.9. The van der Waals surface area contributed by atoms with Crippen molar-refractivity contribution in [3.05, 3.63) is 85.1 Å². The Kier molecular flexibility index (Phi) is 37.6. The van der Waals surface area contributed by atoms with Crippen LogP contribution in [0.4, 0.5) is 0 Å². The van der Waals surface area contributed by atoms with Crippen molar-refractivity contribution in [2.24, 2.45) is 0 Å². The molecule has 0 aromatic rings. The van der Waals surface area contributed by atoms with Crippen molar-refractivity contribution >= 4 is 13.7 Å². The Morgan fingerprint density at radius 1 is 0.632 bits per heavy atom. The number of phosphoric acid groups is 1. The molecule has 0 aliphatic rings. The van der Waals surface area contributed by atoms with Crippen LogP contribution in [-0.4, -0.2) is 68.5 Å². The van der Waals surface area contributed by atoms with Gasteiger partial charge in [0, 0.05) is 6.42 Å². The molecule has 0 fully saturated rings. The number of amides is 1. The summed E-state index contributed by atoms with van der Waals surface area (Å²) in [5, 5.41) is 13.7. The molecule has 2 N–H and O–H groups in total. The molecular formula is C48H85N2O6P. The summed E-state index contributed by atoms with van der Waals surface area (Å²) in [7, 11) is 1.19. The second kappa shape index (κ2) is 39.2. The van der Waals surface area contributed by atoms with E-state index in [-0.39, 0.29) is 18.9 Å². The van der Waals surface area contributed by atoms with E-state index in [2.05, 4.69) is 92.1 Å². The molecule has 0 bridgehead atoms. The van der Waals surface area contributed by atoms with E-state index < -0.39 is 26.6 Å². The number of phosphoric ester groups is 1. The molecule has 3 unspecified atom stereocenters. The summed E-state index contributed by atoms with van der Waals surface area (Å²) in [5.41, 5.74) is 0. The Morgan fingerprint density at radius 3 is 1.63 bits per heavy atom. The van der Waals surface area contributed by atoms with E-state index in [1.165, 1.54) is 70.6 Å². The minimum absolute atomic E-state index is 0.0216. The molecule has 0 spiro atoms. The van der Waals surface area contributed by atoms with Gasteiger partial charge in [0.25, 0.3) is 7.82 Å². The number of hydrogen-bond acceptors (Lipinski definition) is 6. The van der Waals surface area contributed by atoms with E-state index in [4.69, 9.17) is 9.05 Å². The monoisotopic (exact) mass is 817 g/mol. The topological polar surface area (TPSA) is 108 Å². The summed E-state index contributed by atoms with van der Waals surface area (Å²) in [6.07, 6.45) is 53.6. The number of aliphatic hydroxyl groups is 1. The van der Waals surface area contributed by atoms with E-state index >= 15 is 0 Å². The zero-order valence-electron chi connectivity index (χ0n) is 37.0. The number of quaternary nitrogens is 1. The highest BCUT2D eigenvalue weighted by Crippen LogP contribution is 2.38. The summed E-state index contributed by atoms with van der Waals surface area (Å²) < 4.78 is 23.1. The molecule has 1 amide bonds. The standard InChI is InChI=1S/C48H85N2O6P/c1-6-8-10-12-14-16-18-20-22-23-24-25-26-28-29-31-33-35-37-39-41-47(51)46(45-56-57(53,54)55-44-43-50(3,4)5)49-48(52)42-40-38-36-34-32-30-27-21-19-17-15-13-11-9-7-2/h9,11,15,17,21,25-27,31-34,39,41,46-47,51H,6-8,10,12-14,16,18-20,22-24,28-30,35-38,40,42-45H2,1-5H3,(H-,49,52,53,54)/b11-9-,17-15-,26-25+,27-21-,33-31+,34-32-,41-39+. The number of nitrogens with one attached hydrogen (secondary N) is 1. The smallest absolute Gasteiger partial charge is 0.268 e. The minimum Gasteiger partial charge on any atom is -0.756 e. The van der Waals surface area contributed by atoms with Gasteiger partial charge >= 0.3 is 0 Å². The van der Waals surface area contributed by atoms with Gasteiger partial charge in [-0.05, 0) is 83.5 Å². The van der Waals surface area contributed by atoms with Gasteiger partial charge in [-0.2, -0.15) is 0 Å². The number of unbranched alkanes of at least 4 members (excludes halogenated alkanes) is 14. The molecule has 57 heavy (non-hydrogen) atoms. The first kappa shape index (κ1) is 54.7. The maximum absolute atomic E-state index is 12.8. The maximum atomic E-state index is 12.8. The van der Waals surface area contributed by atoms with Gasteiger partial charge in [0.1, 0.15) is 13.2 Å². The lowest BCUT2D eigenvalue weighted by molar-refractivity contribution is -0.870. The van der Waals surface area contributed by atoms with Gasteiger partial charge in [0.2, 0.25) is 5.91 Å². The number of rotatable bonds is 39. The summed E-state index contributed by atoms with van der Waals surface area (Å²) in [4.78, 5) is 25.3. The molecule has 0 radical (unpaired) electrons. The molecule has 0 aliphatic carbocycles. The van der Waals surface area contributed by atoms with Gasteiger partial charge < -0.3 is 28.8 Å². The predicted octanol–water partition coefficient (Wildman–Crippen LogP) is 11.9. The van der Waals surface area contributed by atoms with Crippen LogP contribution in [0.25, 0.3) is 0 Å². The molecular weight excluding hydrogens is 732 g/mol. The molecule has 8 nitrogen and oxygen atoms in total. The summed E-state index contributed by atoms with van der Waals surface area (Å²) in [6.45, 7) is 4.44. The molecule has 0 aromatic carbocycles. The predicted molar refractivity (Wildman–Crippen MR) is 242 cm³/mol. The summed E-state index contributed by atoms with van der Waals surface area (Å²) >= 11 is 0. The zero-order valence-corrected chi connectivity index (χ0v) is 37.9. The second-order valence-corrected chi connectivity index (χ2v) is 17.4. The molecule has 328 valence electrons. The Morgan fingerprint density at radius 2 is 1.09 bits per heavy atom. The number of nitrogens with zero attached hydrogens (tertiary/aromatic N) is 1. The highest BCUT2D eigenvalue weighted by atomic mass is 31.2. The third-order valence-corrected chi connectivity index (χ3v) is 10.3. The van der Waals surface area contributed by atoms with Gasteiger partial charge in [0.05, 0.1) is 39.9 Å². The lowest BCUT2D eigenvalue weighted by Crippen LogP contribution is -2.45. The lowest BCUT2D eigenvalue weighted by atomic mass is 10.1. The molecule has 0 saturated carbocycles. The largest absolute Gasteiger partial charge is 0.756 e. The number of likely N-dealkylation sites (N-methyl/N-ethyl adjacent to an activating group) is 1. The van der Waals surface area contributed by atoms with Gasteiger partial charge in [-0.1, -0.05) is 157 Å². The van der Waals surface area contributed by atoms with Crippen molar-refractivity contribution in [2.75, 3.05) is 40.9 Å². The van der Waals surface area contributed by atoms with E-state index in [0.29, 0.717) is 17.4 Å². The molecule has 3 atom stereocenters. The van der Waals surface area contributed by atoms with Gasteiger partial charge in [-0.15, -0.1) is 0 Å². The lowest BCUT2D eigenvalue weighted by Gasteiger charge is -2.29. The van der Waals surface area contributed by atoms with E-state index in [9.17, 15) is 19.4 Å². The van der Waals surface area contributed by atoms with Crippen molar-refractivity contribution in [3.63, 3.8) is 0 Å². The average Bonchev–Trinajstić information content (AvgIpc) is 3.16. The summed E-state index contributed by atoms with van der Waals surface area (Å²) in [5.74, 6) is -0.256. The van der Waals surface area contributed by atoms with Crippen molar-refractivity contribution in [1.29, 1.82) is 0 Å². The van der Waals surface area contributed by atoms with E-state index in [1.807, 2.05) is 27.2 Å². The van der Waals surface area contributed by atoms with Crippen LogP contribution in [0.2, 0.25) is 0 Å². The Balaban J connectivity index is 4.58. The van der Waals surface area contributed by atoms with Crippen LogP contribution in [0.1, 0.15) is 162 Å². The normalized spacial score (nSPS) is 15.1. The average molecular weight is 817 g/mol. The van der Waals surface area contributed by atoms with Crippen LogP contribution < -0.4 is 10.2 Å². The Bertz CT molecular complexity index is 1200. The van der Waals surface area contributed by atoms with E-state index in [1.54, 1.807) is 6.08 Å². The van der Waals surface area contributed by atoms with Crippen LogP contribution in [-0.2, 0) is 18.4 Å². The number of hydrogen-bond donors (Lipinski definition) is 2. The van der Waals surface area contributed by atoms with Crippen molar-refractivity contribution < 1.29 is 32.9 Å². The number of carbonyl (C=O) groups is 1. The minimum atomic E-state index is -4.62. The van der Waals surface area contributed by atoms with Gasteiger partial charge in [-0.3, -0.25) is 9.36 Å². The highest BCUT2D eigenvalue weighted by Gasteiger charge is 2.23. The number of carbonyl (C=O) groups excluding carboxylic acids is 1. The van der Waals surface area contributed by atoms with Gasteiger partial charge in [-0.25, -0.2) is 0 Å². The van der Waals surface area contributed by atoms with Crippen LogP contribution >= 0.6 is 7.82 Å². The second-order valence-electron chi connectivity index (χ2n) is 16.0. The Labute approximate surface area is 350 Å². The quantitative estimate of drug-likeness (QED) is 0.0277. The SMILES string of the molecule is CC/C=C\C/C=C\C/C=C\C/C=C\CCCCC(=O)NC(COP(=O)([O-])OCC[N+](C)(C)C)C(O)/C=C/CC/C=C/CC/C=C/CCCCCCCCCCCC. The molecule has 0 aliphatic heterocycles. The third-order valence-electron chi connectivity index (χ3n) is 9.32. The van der Waals surface area contributed by atoms with Crippen LogP contribution in [0.3, 0.4) is 0 Å². The van der Waals surface area contributed by atoms with Crippen LogP contribution in [0, 0.1) is 0 Å².